The molecule has 0 fully saturated rings. The van der Waals surface area contributed by atoms with Gasteiger partial charge in [0.15, 0.2) is 0 Å². The lowest BCUT2D eigenvalue weighted by atomic mass is 10.2. The number of aromatic nitrogens is 2. The van der Waals surface area contributed by atoms with E-state index in [1.807, 2.05) is 24.3 Å². The van der Waals surface area contributed by atoms with Gasteiger partial charge in [0.25, 0.3) is 0 Å². The van der Waals surface area contributed by atoms with E-state index in [1.54, 1.807) is 7.11 Å². The maximum atomic E-state index is 5.37. The van der Waals surface area contributed by atoms with Crippen LogP contribution in [-0.4, -0.2) is 17.3 Å². The van der Waals surface area contributed by atoms with E-state index in [4.69, 9.17) is 14.9 Å². The Kier molecular flexibility index (Phi) is 3.69. The lowest BCUT2D eigenvalue weighted by molar-refractivity contribution is 0.185. The van der Waals surface area contributed by atoms with Crippen molar-refractivity contribution in [1.82, 2.24) is 10.2 Å². The van der Waals surface area contributed by atoms with E-state index in [0.717, 1.165) is 11.3 Å². The predicted molar refractivity (Wildman–Crippen MR) is 62.6 cm³/mol. The van der Waals surface area contributed by atoms with Crippen molar-refractivity contribution in [2.45, 2.75) is 13.2 Å². The first-order valence-electron chi connectivity index (χ1n) is 5.19. The van der Waals surface area contributed by atoms with E-state index in [-0.39, 0.29) is 6.54 Å². The molecule has 6 heteroatoms. The van der Waals surface area contributed by atoms with Gasteiger partial charge in [-0.05, 0) is 17.7 Å². The van der Waals surface area contributed by atoms with Crippen LogP contribution in [0.15, 0.2) is 28.7 Å². The number of hydrogen-bond acceptors (Lipinski definition) is 6. The molecule has 0 spiro atoms. The Bertz CT molecular complexity index is 467. The lowest BCUT2D eigenvalue weighted by Crippen LogP contribution is -1.95. The molecule has 90 valence electrons. The first-order valence-corrected chi connectivity index (χ1v) is 5.19. The summed E-state index contributed by atoms with van der Waals surface area (Å²) in [5.74, 6) is 0.406. The van der Waals surface area contributed by atoms with Gasteiger partial charge >= 0.3 is 6.01 Å². The average molecular weight is 234 g/mol. The van der Waals surface area contributed by atoms with Crippen LogP contribution in [0.5, 0.6) is 0 Å². The minimum Gasteiger partial charge on any atom is -0.406 e. The molecular weight excluding hydrogens is 220 g/mol. The topological polar surface area (TPSA) is 86.2 Å². The van der Waals surface area contributed by atoms with Crippen molar-refractivity contribution in [2.75, 3.05) is 12.4 Å². The van der Waals surface area contributed by atoms with Gasteiger partial charge in [-0.2, -0.15) is 0 Å². The van der Waals surface area contributed by atoms with Crippen LogP contribution in [0.1, 0.15) is 11.5 Å². The summed E-state index contributed by atoms with van der Waals surface area (Å²) in [4.78, 5) is 0. The van der Waals surface area contributed by atoms with Gasteiger partial charge in [-0.3, -0.25) is 0 Å². The molecule has 6 nitrogen and oxygen atoms in total. The number of benzene rings is 1. The molecule has 1 aromatic carbocycles. The van der Waals surface area contributed by atoms with Gasteiger partial charge in [-0.15, -0.1) is 5.10 Å². The molecule has 1 heterocycles. The standard InChI is InChI=1S/C11H14N4O2/c1-16-7-8-2-4-9(5-3-8)13-11-15-14-10(6-12)17-11/h2-5H,6-7,12H2,1H3,(H,13,15). The molecule has 0 aliphatic carbocycles. The highest BCUT2D eigenvalue weighted by atomic mass is 16.5. The summed E-state index contributed by atoms with van der Waals surface area (Å²) < 4.78 is 10.3. The second kappa shape index (κ2) is 5.42. The highest BCUT2D eigenvalue weighted by molar-refractivity contribution is 5.52. The van der Waals surface area contributed by atoms with Crippen LogP contribution in [0, 0.1) is 0 Å². The summed E-state index contributed by atoms with van der Waals surface area (Å²) >= 11 is 0. The molecule has 0 amide bonds. The number of nitrogens with zero attached hydrogens (tertiary/aromatic N) is 2. The van der Waals surface area contributed by atoms with Gasteiger partial charge in [0.1, 0.15) is 0 Å². The SMILES string of the molecule is COCc1ccc(Nc2nnc(CN)o2)cc1. The Morgan fingerprint density at radius 3 is 2.65 bits per heavy atom. The van der Waals surface area contributed by atoms with E-state index < -0.39 is 0 Å². The fraction of sp³-hybridized carbons (Fsp3) is 0.273. The quantitative estimate of drug-likeness (QED) is 0.813. The number of anilines is 2. The molecule has 2 aromatic rings. The maximum absolute atomic E-state index is 5.37. The first-order chi connectivity index (χ1) is 8.31. The third-order valence-electron chi connectivity index (χ3n) is 2.16. The molecular formula is C11H14N4O2. The van der Waals surface area contributed by atoms with Gasteiger partial charge in [-0.25, -0.2) is 0 Å². The van der Waals surface area contributed by atoms with Crippen LogP contribution in [-0.2, 0) is 17.9 Å². The highest BCUT2D eigenvalue weighted by Crippen LogP contribution is 2.16. The number of rotatable bonds is 5. The zero-order valence-electron chi connectivity index (χ0n) is 9.51. The molecule has 0 saturated heterocycles. The van der Waals surface area contributed by atoms with E-state index in [9.17, 15) is 0 Å². The summed E-state index contributed by atoms with van der Waals surface area (Å²) in [5, 5.41) is 10.6. The lowest BCUT2D eigenvalue weighted by Gasteiger charge is -2.03. The fourth-order valence-electron chi connectivity index (χ4n) is 1.36. The van der Waals surface area contributed by atoms with Crippen LogP contribution in [0.4, 0.5) is 11.7 Å². The van der Waals surface area contributed by atoms with E-state index in [2.05, 4.69) is 15.5 Å². The van der Waals surface area contributed by atoms with Crippen LogP contribution in [0.2, 0.25) is 0 Å². The monoisotopic (exact) mass is 234 g/mol. The summed E-state index contributed by atoms with van der Waals surface area (Å²) in [6.45, 7) is 0.833. The molecule has 0 bridgehead atoms. The Morgan fingerprint density at radius 2 is 2.06 bits per heavy atom. The van der Waals surface area contributed by atoms with Gasteiger partial charge in [-0.1, -0.05) is 17.2 Å². The molecule has 0 atom stereocenters. The van der Waals surface area contributed by atoms with Crippen molar-refractivity contribution in [3.63, 3.8) is 0 Å². The summed E-state index contributed by atoms with van der Waals surface area (Å²) in [6, 6.07) is 8.10. The van der Waals surface area contributed by atoms with Gasteiger partial charge in [0.2, 0.25) is 5.89 Å². The zero-order chi connectivity index (χ0) is 12.1. The molecule has 0 aliphatic heterocycles. The van der Waals surface area contributed by atoms with E-state index >= 15 is 0 Å². The van der Waals surface area contributed by atoms with Gasteiger partial charge in [0, 0.05) is 12.8 Å². The van der Waals surface area contributed by atoms with Crippen molar-refractivity contribution < 1.29 is 9.15 Å². The molecule has 0 aliphatic rings. The second-order valence-electron chi connectivity index (χ2n) is 3.46. The van der Waals surface area contributed by atoms with Crippen LogP contribution in [0.25, 0.3) is 0 Å². The molecule has 17 heavy (non-hydrogen) atoms. The van der Waals surface area contributed by atoms with Gasteiger partial charge < -0.3 is 20.2 Å². The maximum Gasteiger partial charge on any atom is 0.320 e. The van der Waals surface area contributed by atoms with Crippen molar-refractivity contribution >= 4 is 11.7 Å². The van der Waals surface area contributed by atoms with Crippen molar-refractivity contribution in [1.29, 1.82) is 0 Å². The Morgan fingerprint density at radius 1 is 1.29 bits per heavy atom. The van der Waals surface area contributed by atoms with Gasteiger partial charge in [0.05, 0.1) is 13.2 Å². The predicted octanol–water partition coefficient (Wildman–Crippen LogP) is 1.42. The summed E-state index contributed by atoms with van der Waals surface area (Å²) in [5.41, 5.74) is 7.35. The van der Waals surface area contributed by atoms with Crippen molar-refractivity contribution in [3.05, 3.63) is 35.7 Å². The zero-order valence-corrected chi connectivity index (χ0v) is 9.51. The Labute approximate surface area is 98.8 Å². The molecule has 2 rings (SSSR count). The Balaban J connectivity index is 2.03. The third-order valence-corrected chi connectivity index (χ3v) is 2.16. The third kappa shape index (κ3) is 3.02. The molecule has 0 radical (unpaired) electrons. The summed E-state index contributed by atoms with van der Waals surface area (Å²) in [6.07, 6.45) is 0. The second-order valence-corrected chi connectivity index (χ2v) is 3.46. The first kappa shape index (κ1) is 11.6. The van der Waals surface area contributed by atoms with Crippen LogP contribution >= 0.6 is 0 Å². The number of hydrogen-bond donors (Lipinski definition) is 2. The normalized spacial score (nSPS) is 10.5. The number of methoxy groups -OCH3 is 1. The van der Waals surface area contributed by atoms with Crippen LogP contribution < -0.4 is 11.1 Å². The molecule has 1 aromatic heterocycles. The number of nitrogens with one attached hydrogen (secondary N) is 1. The molecule has 0 unspecified atom stereocenters. The Hall–Kier alpha value is -1.92. The summed E-state index contributed by atoms with van der Waals surface area (Å²) in [7, 11) is 1.67. The van der Waals surface area contributed by atoms with Crippen molar-refractivity contribution in [2.24, 2.45) is 5.73 Å². The number of nitrogens with two attached hydrogens (primary N) is 1. The fourth-order valence-corrected chi connectivity index (χ4v) is 1.36. The highest BCUT2D eigenvalue weighted by Gasteiger charge is 2.04. The van der Waals surface area contributed by atoms with E-state index in [1.165, 1.54) is 0 Å². The number of ether oxygens (including phenoxy) is 1. The minimum atomic E-state index is 0.238. The largest absolute Gasteiger partial charge is 0.406 e. The average Bonchev–Trinajstić information content (AvgIpc) is 2.80. The van der Waals surface area contributed by atoms with E-state index in [0.29, 0.717) is 18.5 Å². The molecule has 0 saturated carbocycles. The van der Waals surface area contributed by atoms with Crippen molar-refractivity contribution in [3.8, 4) is 0 Å². The molecule has 3 N–H and O–H groups in total. The minimum absolute atomic E-state index is 0.238. The smallest absolute Gasteiger partial charge is 0.320 e. The van der Waals surface area contributed by atoms with Crippen LogP contribution in [0.3, 0.4) is 0 Å².